The molecule has 0 radical (unpaired) electrons. The maximum absolute atomic E-state index is 4.40. The van der Waals surface area contributed by atoms with Crippen molar-refractivity contribution < 1.29 is 0 Å². The van der Waals surface area contributed by atoms with E-state index in [1.165, 1.54) is 12.8 Å². The standard InChI is InChI=1S/C15H19N3S/c1-11(12-6-7-12)16-8-9-19-15-13-4-2-3-5-14(13)17-10-18-15/h2-5,10-12,16H,6-9H2,1H3. The molecular weight excluding hydrogens is 254 g/mol. The van der Waals surface area contributed by atoms with Crippen LogP contribution < -0.4 is 5.32 Å². The van der Waals surface area contributed by atoms with Gasteiger partial charge in [0.15, 0.2) is 0 Å². The number of benzene rings is 1. The molecule has 1 saturated carbocycles. The zero-order chi connectivity index (χ0) is 13.1. The van der Waals surface area contributed by atoms with Gasteiger partial charge < -0.3 is 5.32 Å². The number of hydrogen-bond donors (Lipinski definition) is 1. The number of rotatable bonds is 6. The summed E-state index contributed by atoms with van der Waals surface area (Å²) in [6, 6.07) is 8.86. The number of para-hydroxylation sites is 1. The number of thioether (sulfide) groups is 1. The summed E-state index contributed by atoms with van der Waals surface area (Å²) >= 11 is 1.81. The Bertz CT molecular complexity index is 549. The summed E-state index contributed by atoms with van der Waals surface area (Å²) in [6.45, 7) is 3.34. The Morgan fingerprint density at radius 1 is 1.32 bits per heavy atom. The first-order chi connectivity index (χ1) is 9.34. The van der Waals surface area contributed by atoms with Gasteiger partial charge in [0.1, 0.15) is 11.4 Å². The minimum Gasteiger partial charge on any atom is -0.313 e. The molecule has 3 rings (SSSR count). The minimum absolute atomic E-state index is 0.669. The zero-order valence-corrected chi connectivity index (χ0v) is 12.0. The molecule has 1 aliphatic rings. The van der Waals surface area contributed by atoms with Gasteiger partial charge in [-0.2, -0.15) is 0 Å². The molecule has 0 saturated heterocycles. The van der Waals surface area contributed by atoms with Crippen molar-refractivity contribution in [3.8, 4) is 0 Å². The first-order valence-electron chi connectivity index (χ1n) is 6.90. The third-order valence-corrected chi connectivity index (χ3v) is 4.65. The second-order valence-corrected chi connectivity index (χ2v) is 6.21. The topological polar surface area (TPSA) is 37.8 Å². The highest BCUT2D eigenvalue weighted by Crippen LogP contribution is 2.32. The molecule has 1 aromatic carbocycles. The third-order valence-electron chi connectivity index (χ3n) is 3.64. The van der Waals surface area contributed by atoms with Gasteiger partial charge in [0.25, 0.3) is 0 Å². The van der Waals surface area contributed by atoms with E-state index in [2.05, 4.69) is 28.3 Å². The molecular formula is C15H19N3S. The van der Waals surface area contributed by atoms with Gasteiger partial charge in [0.2, 0.25) is 0 Å². The molecule has 1 aromatic heterocycles. The van der Waals surface area contributed by atoms with E-state index in [1.54, 1.807) is 6.33 Å². The lowest BCUT2D eigenvalue weighted by Crippen LogP contribution is -2.29. The molecule has 19 heavy (non-hydrogen) atoms. The van der Waals surface area contributed by atoms with Crippen LogP contribution in [0.2, 0.25) is 0 Å². The summed E-state index contributed by atoms with van der Waals surface area (Å²) in [5, 5.41) is 5.85. The maximum Gasteiger partial charge on any atom is 0.117 e. The van der Waals surface area contributed by atoms with Crippen molar-refractivity contribution in [1.82, 2.24) is 15.3 Å². The van der Waals surface area contributed by atoms with Crippen molar-refractivity contribution in [2.75, 3.05) is 12.3 Å². The van der Waals surface area contributed by atoms with Crippen LogP contribution in [0.4, 0.5) is 0 Å². The van der Waals surface area contributed by atoms with Gasteiger partial charge in [0.05, 0.1) is 5.52 Å². The molecule has 4 heteroatoms. The third kappa shape index (κ3) is 3.25. The summed E-state index contributed by atoms with van der Waals surface area (Å²) < 4.78 is 0. The van der Waals surface area contributed by atoms with Crippen LogP contribution in [0.5, 0.6) is 0 Å². The molecule has 100 valence electrons. The van der Waals surface area contributed by atoms with E-state index in [1.807, 2.05) is 30.0 Å². The Morgan fingerprint density at radius 2 is 2.16 bits per heavy atom. The number of nitrogens with one attached hydrogen (secondary N) is 1. The van der Waals surface area contributed by atoms with Crippen LogP contribution in [0.25, 0.3) is 10.9 Å². The van der Waals surface area contributed by atoms with Crippen LogP contribution in [-0.4, -0.2) is 28.3 Å². The Hall–Kier alpha value is -1.13. The number of nitrogens with zero attached hydrogens (tertiary/aromatic N) is 2. The molecule has 2 aromatic rings. The maximum atomic E-state index is 4.40. The van der Waals surface area contributed by atoms with Gasteiger partial charge in [-0.25, -0.2) is 9.97 Å². The van der Waals surface area contributed by atoms with E-state index in [4.69, 9.17) is 0 Å². The van der Waals surface area contributed by atoms with E-state index in [9.17, 15) is 0 Å². The Labute approximate surface area is 118 Å². The zero-order valence-electron chi connectivity index (χ0n) is 11.2. The molecule has 1 aliphatic carbocycles. The van der Waals surface area contributed by atoms with Crippen LogP contribution in [0, 0.1) is 5.92 Å². The highest BCUT2D eigenvalue weighted by molar-refractivity contribution is 7.99. The van der Waals surface area contributed by atoms with Gasteiger partial charge in [-0.05, 0) is 31.7 Å². The van der Waals surface area contributed by atoms with Gasteiger partial charge in [-0.3, -0.25) is 0 Å². The van der Waals surface area contributed by atoms with Gasteiger partial charge >= 0.3 is 0 Å². The lowest BCUT2D eigenvalue weighted by Gasteiger charge is -2.12. The van der Waals surface area contributed by atoms with Crippen LogP contribution in [-0.2, 0) is 0 Å². The molecule has 0 bridgehead atoms. The molecule has 0 spiro atoms. The average Bonchev–Trinajstić information content (AvgIpc) is 3.28. The molecule has 1 unspecified atom stereocenters. The van der Waals surface area contributed by atoms with E-state index in [-0.39, 0.29) is 0 Å². The van der Waals surface area contributed by atoms with Gasteiger partial charge in [0, 0.05) is 23.7 Å². The minimum atomic E-state index is 0.669. The second kappa shape index (κ2) is 5.88. The molecule has 1 N–H and O–H groups in total. The van der Waals surface area contributed by atoms with Crippen molar-refractivity contribution in [1.29, 1.82) is 0 Å². The van der Waals surface area contributed by atoms with E-state index >= 15 is 0 Å². The van der Waals surface area contributed by atoms with E-state index < -0.39 is 0 Å². The van der Waals surface area contributed by atoms with E-state index in [0.717, 1.165) is 34.1 Å². The monoisotopic (exact) mass is 273 g/mol. The highest BCUT2D eigenvalue weighted by Gasteiger charge is 2.27. The predicted octanol–water partition coefficient (Wildman–Crippen LogP) is 3.11. The fourth-order valence-electron chi connectivity index (χ4n) is 2.29. The largest absolute Gasteiger partial charge is 0.313 e. The fourth-order valence-corrected chi connectivity index (χ4v) is 3.16. The quantitative estimate of drug-likeness (QED) is 0.498. The summed E-state index contributed by atoms with van der Waals surface area (Å²) in [6.07, 6.45) is 4.46. The molecule has 0 amide bonds. The van der Waals surface area contributed by atoms with Crippen molar-refractivity contribution in [2.45, 2.75) is 30.8 Å². The van der Waals surface area contributed by atoms with Crippen LogP contribution in [0.3, 0.4) is 0 Å². The van der Waals surface area contributed by atoms with E-state index in [0.29, 0.717) is 6.04 Å². The molecule has 1 heterocycles. The molecule has 3 nitrogen and oxygen atoms in total. The normalized spacial score (nSPS) is 16.7. The predicted molar refractivity (Wildman–Crippen MR) is 80.5 cm³/mol. The van der Waals surface area contributed by atoms with Crippen molar-refractivity contribution in [3.05, 3.63) is 30.6 Å². The first-order valence-corrected chi connectivity index (χ1v) is 7.89. The second-order valence-electron chi connectivity index (χ2n) is 5.12. The van der Waals surface area contributed by atoms with Crippen LogP contribution >= 0.6 is 11.8 Å². The lowest BCUT2D eigenvalue weighted by molar-refractivity contribution is 0.514. The molecule has 1 atom stereocenters. The average molecular weight is 273 g/mol. The first kappa shape index (κ1) is 12.9. The Kier molecular flexibility index (Phi) is 3.99. The van der Waals surface area contributed by atoms with Crippen LogP contribution in [0.1, 0.15) is 19.8 Å². The molecule has 1 fully saturated rings. The summed E-state index contributed by atoms with van der Waals surface area (Å²) in [5.41, 5.74) is 1.03. The smallest absolute Gasteiger partial charge is 0.117 e. The highest BCUT2D eigenvalue weighted by atomic mass is 32.2. The van der Waals surface area contributed by atoms with Crippen molar-refractivity contribution >= 4 is 22.7 Å². The van der Waals surface area contributed by atoms with Crippen molar-refractivity contribution in [2.24, 2.45) is 5.92 Å². The Morgan fingerprint density at radius 3 is 3.00 bits per heavy atom. The number of fused-ring (bicyclic) bond motifs is 1. The van der Waals surface area contributed by atoms with Gasteiger partial charge in [-0.1, -0.05) is 18.2 Å². The van der Waals surface area contributed by atoms with Crippen LogP contribution in [0.15, 0.2) is 35.6 Å². The number of hydrogen-bond acceptors (Lipinski definition) is 4. The SMILES string of the molecule is CC(NCCSc1ncnc2ccccc12)C1CC1. The fraction of sp³-hybridized carbons (Fsp3) is 0.467. The molecule has 0 aliphatic heterocycles. The van der Waals surface area contributed by atoms with Crippen molar-refractivity contribution in [3.63, 3.8) is 0 Å². The number of aromatic nitrogens is 2. The van der Waals surface area contributed by atoms with Gasteiger partial charge in [-0.15, -0.1) is 11.8 Å². The summed E-state index contributed by atoms with van der Waals surface area (Å²) in [7, 11) is 0. The summed E-state index contributed by atoms with van der Waals surface area (Å²) in [4.78, 5) is 8.68. The lowest BCUT2D eigenvalue weighted by atomic mass is 10.2. The Balaban J connectivity index is 1.56. The summed E-state index contributed by atoms with van der Waals surface area (Å²) in [5.74, 6) is 1.97.